The molecule has 0 heteroatoms. The van der Waals surface area contributed by atoms with Gasteiger partial charge in [-0.25, -0.2) is 0 Å². The van der Waals surface area contributed by atoms with E-state index in [0.29, 0.717) is 0 Å². The molecule has 2 aromatic rings. The first-order valence-electron chi connectivity index (χ1n) is 6.26. The summed E-state index contributed by atoms with van der Waals surface area (Å²) in [7, 11) is 0. The lowest BCUT2D eigenvalue weighted by atomic mass is 10.0. The molecule has 0 bridgehead atoms. The minimum absolute atomic E-state index is 0.931. The van der Waals surface area contributed by atoms with Crippen LogP contribution < -0.4 is 0 Å². The number of hydrogen-bond donors (Lipinski definition) is 0. The van der Waals surface area contributed by atoms with Crippen molar-refractivity contribution >= 4 is 6.08 Å². The summed E-state index contributed by atoms with van der Waals surface area (Å²) < 4.78 is 0. The van der Waals surface area contributed by atoms with Crippen LogP contribution in [0.4, 0.5) is 0 Å². The highest BCUT2D eigenvalue weighted by Crippen LogP contribution is 2.21. The topological polar surface area (TPSA) is 0 Å². The van der Waals surface area contributed by atoms with E-state index in [-0.39, 0.29) is 0 Å². The van der Waals surface area contributed by atoms with Crippen LogP contribution in [0.25, 0.3) is 17.2 Å². The van der Waals surface area contributed by atoms with Crippen molar-refractivity contribution in [2.45, 2.75) is 13.3 Å². The molecular weight excluding hydrogens is 216 g/mol. The summed E-state index contributed by atoms with van der Waals surface area (Å²) in [6.45, 7) is 5.79. The standard InChI is InChI=1S/C18H18/c1-3-5-15-7-11-17(12-8-15)18-13-9-16(6-4-2)10-14-18/h3-4,6-14H,1,5H2,2H3. The lowest BCUT2D eigenvalue weighted by Crippen LogP contribution is -1.82. The van der Waals surface area contributed by atoms with E-state index in [0.717, 1.165) is 6.42 Å². The third kappa shape index (κ3) is 2.98. The van der Waals surface area contributed by atoms with Gasteiger partial charge in [0.2, 0.25) is 0 Å². The molecule has 0 fully saturated rings. The van der Waals surface area contributed by atoms with Gasteiger partial charge in [0.1, 0.15) is 0 Å². The second-order valence-electron chi connectivity index (χ2n) is 4.31. The van der Waals surface area contributed by atoms with Crippen LogP contribution >= 0.6 is 0 Å². The van der Waals surface area contributed by atoms with Crippen LogP contribution in [-0.4, -0.2) is 0 Å². The maximum Gasteiger partial charge on any atom is -0.0100 e. The van der Waals surface area contributed by atoms with E-state index in [1.165, 1.54) is 22.3 Å². The number of benzene rings is 2. The van der Waals surface area contributed by atoms with Crippen molar-refractivity contribution in [2.75, 3.05) is 0 Å². The van der Waals surface area contributed by atoms with Crippen molar-refractivity contribution in [1.29, 1.82) is 0 Å². The molecule has 2 aromatic carbocycles. The van der Waals surface area contributed by atoms with Crippen LogP contribution in [0.15, 0.2) is 67.3 Å². The van der Waals surface area contributed by atoms with Gasteiger partial charge in [0, 0.05) is 0 Å². The molecule has 0 nitrogen and oxygen atoms in total. The summed E-state index contributed by atoms with van der Waals surface area (Å²) in [5, 5.41) is 0. The summed E-state index contributed by atoms with van der Waals surface area (Å²) in [5.41, 5.74) is 5.06. The molecule has 0 radical (unpaired) electrons. The van der Waals surface area contributed by atoms with Crippen molar-refractivity contribution in [3.63, 3.8) is 0 Å². The van der Waals surface area contributed by atoms with Gasteiger partial charge < -0.3 is 0 Å². The average Bonchev–Trinajstić information content (AvgIpc) is 2.41. The van der Waals surface area contributed by atoms with E-state index in [9.17, 15) is 0 Å². The SMILES string of the molecule is C=CCc1ccc(-c2ccc(C=CC)cc2)cc1. The Hall–Kier alpha value is -2.08. The Morgan fingerprint density at radius 1 is 0.889 bits per heavy atom. The van der Waals surface area contributed by atoms with Gasteiger partial charge in [-0.1, -0.05) is 66.8 Å². The summed E-state index contributed by atoms with van der Waals surface area (Å²) in [6.07, 6.45) is 7.03. The number of hydrogen-bond acceptors (Lipinski definition) is 0. The molecule has 0 unspecified atom stereocenters. The van der Waals surface area contributed by atoms with Gasteiger partial charge >= 0.3 is 0 Å². The Morgan fingerprint density at radius 3 is 1.94 bits per heavy atom. The summed E-state index contributed by atoms with van der Waals surface area (Å²) in [5.74, 6) is 0. The molecule has 0 aliphatic rings. The summed E-state index contributed by atoms with van der Waals surface area (Å²) in [4.78, 5) is 0. The lowest BCUT2D eigenvalue weighted by Gasteiger charge is -2.04. The van der Waals surface area contributed by atoms with E-state index in [2.05, 4.69) is 67.3 Å². The minimum Gasteiger partial charge on any atom is -0.103 e. The Morgan fingerprint density at radius 2 is 1.44 bits per heavy atom. The Balaban J connectivity index is 2.22. The fourth-order valence-electron chi connectivity index (χ4n) is 1.98. The first-order valence-corrected chi connectivity index (χ1v) is 6.26. The molecule has 0 N–H and O–H groups in total. The van der Waals surface area contributed by atoms with Gasteiger partial charge in [-0.05, 0) is 35.6 Å². The maximum absolute atomic E-state index is 3.76. The predicted molar refractivity (Wildman–Crippen MR) is 80.5 cm³/mol. The van der Waals surface area contributed by atoms with Gasteiger partial charge in [-0.2, -0.15) is 0 Å². The molecule has 0 amide bonds. The quantitative estimate of drug-likeness (QED) is 0.644. The molecule has 0 saturated carbocycles. The smallest absolute Gasteiger partial charge is 0.0100 e. The van der Waals surface area contributed by atoms with E-state index in [1.54, 1.807) is 0 Å². The molecule has 2 rings (SSSR count). The molecule has 0 spiro atoms. The highest BCUT2D eigenvalue weighted by atomic mass is 14.0. The predicted octanol–water partition coefficient (Wildman–Crippen LogP) is 5.12. The van der Waals surface area contributed by atoms with Crippen LogP contribution in [-0.2, 0) is 6.42 Å². The van der Waals surface area contributed by atoms with Crippen molar-refractivity contribution in [1.82, 2.24) is 0 Å². The van der Waals surface area contributed by atoms with Crippen LogP contribution in [0, 0.1) is 0 Å². The zero-order valence-electron chi connectivity index (χ0n) is 10.8. The fourth-order valence-corrected chi connectivity index (χ4v) is 1.98. The van der Waals surface area contributed by atoms with E-state index >= 15 is 0 Å². The van der Waals surface area contributed by atoms with Crippen LogP contribution in [0.3, 0.4) is 0 Å². The molecule has 18 heavy (non-hydrogen) atoms. The van der Waals surface area contributed by atoms with Gasteiger partial charge in [-0.15, -0.1) is 6.58 Å². The van der Waals surface area contributed by atoms with Crippen molar-refractivity contribution in [2.24, 2.45) is 0 Å². The zero-order valence-corrected chi connectivity index (χ0v) is 10.8. The average molecular weight is 234 g/mol. The first-order chi connectivity index (χ1) is 8.83. The molecule has 90 valence electrons. The first kappa shape index (κ1) is 12.4. The van der Waals surface area contributed by atoms with Gasteiger partial charge in [0.25, 0.3) is 0 Å². The van der Waals surface area contributed by atoms with E-state index < -0.39 is 0 Å². The molecule has 0 heterocycles. The molecule has 0 aliphatic heterocycles. The highest BCUT2D eigenvalue weighted by Gasteiger charge is 1.97. The zero-order chi connectivity index (χ0) is 12.8. The maximum atomic E-state index is 3.76. The highest BCUT2D eigenvalue weighted by molar-refractivity contribution is 5.65. The van der Waals surface area contributed by atoms with Gasteiger partial charge in [0.15, 0.2) is 0 Å². The number of rotatable bonds is 4. The minimum atomic E-state index is 0.931. The van der Waals surface area contributed by atoms with Crippen molar-refractivity contribution in [3.8, 4) is 11.1 Å². The summed E-state index contributed by atoms with van der Waals surface area (Å²) >= 11 is 0. The van der Waals surface area contributed by atoms with Crippen LogP contribution in [0.5, 0.6) is 0 Å². The third-order valence-corrected chi connectivity index (χ3v) is 2.94. The normalized spacial score (nSPS) is 10.7. The monoisotopic (exact) mass is 234 g/mol. The number of allylic oxidation sites excluding steroid dienone is 2. The van der Waals surface area contributed by atoms with E-state index in [1.807, 2.05) is 13.0 Å². The molecule has 0 aliphatic carbocycles. The second-order valence-corrected chi connectivity index (χ2v) is 4.31. The Bertz CT molecular complexity index is 527. The lowest BCUT2D eigenvalue weighted by molar-refractivity contribution is 1.28. The second kappa shape index (κ2) is 6.02. The summed E-state index contributed by atoms with van der Waals surface area (Å²) in [6, 6.07) is 17.3. The molecule has 0 saturated heterocycles. The van der Waals surface area contributed by atoms with Crippen LogP contribution in [0.2, 0.25) is 0 Å². The van der Waals surface area contributed by atoms with E-state index in [4.69, 9.17) is 0 Å². The van der Waals surface area contributed by atoms with Gasteiger partial charge in [-0.3, -0.25) is 0 Å². The third-order valence-electron chi connectivity index (χ3n) is 2.94. The van der Waals surface area contributed by atoms with Crippen LogP contribution in [0.1, 0.15) is 18.1 Å². The van der Waals surface area contributed by atoms with Gasteiger partial charge in [0.05, 0.1) is 0 Å². The van der Waals surface area contributed by atoms with Crippen molar-refractivity contribution in [3.05, 3.63) is 78.4 Å². The largest absolute Gasteiger partial charge is 0.103 e. The molecule has 0 atom stereocenters. The fraction of sp³-hybridized carbons (Fsp3) is 0.111. The van der Waals surface area contributed by atoms with Crippen molar-refractivity contribution < 1.29 is 0 Å². The molecule has 0 aromatic heterocycles. The Labute approximate surface area is 109 Å². The molecular formula is C18H18. The Kier molecular flexibility index (Phi) is 4.14.